The van der Waals surface area contributed by atoms with Crippen LogP contribution in [0.5, 0.6) is 0 Å². The van der Waals surface area contributed by atoms with Gasteiger partial charge in [0.25, 0.3) is 0 Å². The average Bonchev–Trinajstić information content (AvgIpc) is 3.72. The van der Waals surface area contributed by atoms with E-state index in [2.05, 4.69) is 65.2 Å². The van der Waals surface area contributed by atoms with Crippen molar-refractivity contribution in [3.8, 4) is 22.5 Å². The minimum Gasteiger partial charge on any atom is -0.309 e. The lowest BCUT2D eigenvalue weighted by Crippen LogP contribution is -1.93. The van der Waals surface area contributed by atoms with E-state index in [1.54, 1.807) is 6.07 Å². The molecule has 2 nitrogen and oxygen atoms in total. The van der Waals surface area contributed by atoms with Crippen LogP contribution in [-0.4, -0.2) is 9.13 Å². The zero-order valence-corrected chi connectivity index (χ0v) is 25.7. The third-order valence-corrected chi connectivity index (χ3v) is 9.42. The molecule has 9 aromatic rings. The van der Waals surface area contributed by atoms with Gasteiger partial charge in [0, 0.05) is 47.7 Å². The van der Waals surface area contributed by atoms with Gasteiger partial charge in [-0.05, 0) is 89.9 Å². The Morgan fingerprint density at radius 2 is 1.13 bits per heavy atom. The van der Waals surface area contributed by atoms with Crippen molar-refractivity contribution in [3.05, 3.63) is 169 Å². The Labute approximate surface area is 287 Å². The SMILES string of the molecule is [2H]c1c([2H])c([2H])c2c(c1[2H])c1c([2H])c([2H])c([2H])c([2H])c1n2-c1cccc(Sc2cc(Cl)cc(-c3ccc4c(c3)c3ccccc3n4-c3ccccc3)c2)c1. The van der Waals surface area contributed by atoms with Crippen molar-refractivity contribution in [1.82, 2.24) is 9.13 Å². The van der Waals surface area contributed by atoms with Gasteiger partial charge < -0.3 is 9.13 Å². The standard InChI is InChI=1S/C42H27ClN2S/c43-30-23-29(28-21-22-42-38(25-28)37-17-6-9-20-41(37)44(42)31-11-2-1-3-12-31)24-34(26-30)46-33-14-10-13-32(27-33)45-39-18-7-4-15-35(39)36-16-5-8-19-40(36)45/h1-27H/i4D,5D,7D,8D,15D,16D,18D,19D. The molecule has 0 saturated heterocycles. The number of rotatable bonds is 5. The molecule has 9 rings (SSSR count). The van der Waals surface area contributed by atoms with E-state index >= 15 is 0 Å². The highest BCUT2D eigenvalue weighted by atomic mass is 35.5. The van der Waals surface area contributed by atoms with Crippen molar-refractivity contribution >= 4 is 67.0 Å². The van der Waals surface area contributed by atoms with Gasteiger partial charge in [-0.2, -0.15) is 0 Å². The third-order valence-electron chi connectivity index (χ3n) is 8.24. The fourth-order valence-corrected chi connectivity index (χ4v) is 7.57. The smallest absolute Gasteiger partial charge is 0.0645 e. The highest BCUT2D eigenvalue weighted by molar-refractivity contribution is 7.99. The maximum Gasteiger partial charge on any atom is 0.0645 e. The molecule has 0 spiro atoms. The maximum absolute atomic E-state index is 8.85. The summed E-state index contributed by atoms with van der Waals surface area (Å²) in [5, 5.41) is 2.92. The summed E-state index contributed by atoms with van der Waals surface area (Å²) in [6.45, 7) is 0. The van der Waals surface area contributed by atoms with Gasteiger partial charge in [0.15, 0.2) is 0 Å². The minimum atomic E-state index is -0.471. The second-order valence-corrected chi connectivity index (χ2v) is 12.6. The van der Waals surface area contributed by atoms with Crippen LogP contribution in [0.3, 0.4) is 0 Å². The Morgan fingerprint density at radius 3 is 1.93 bits per heavy atom. The summed E-state index contributed by atoms with van der Waals surface area (Å²) in [7, 11) is 0. The molecule has 0 fully saturated rings. The number of para-hydroxylation sites is 4. The van der Waals surface area contributed by atoms with E-state index in [-0.39, 0.29) is 46.0 Å². The van der Waals surface area contributed by atoms with Gasteiger partial charge in [0.05, 0.1) is 33.0 Å². The van der Waals surface area contributed by atoms with Crippen LogP contribution in [0.15, 0.2) is 173 Å². The molecule has 0 radical (unpaired) electrons. The molecule has 4 heteroatoms. The molecule has 0 unspecified atom stereocenters. The molecule has 0 amide bonds. The summed E-state index contributed by atoms with van der Waals surface area (Å²) in [4.78, 5) is 1.66. The number of aromatic nitrogens is 2. The van der Waals surface area contributed by atoms with Crippen LogP contribution >= 0.6 is 23.4 Å². The van der Waals surface area contributed by atoms with Gasteiger partial charge in [0.2, 0.25) is 0 Å². The lowest BCUT2D eigenvalue weighted by atomic mass is 10.0. The zero-order chi connectivity index (χ0) is 37.6. The van der Waals surface area contributed by atoms with E-state index in [0.29, 0.717) is 10.7 Å². The molecule has 0 saturated carbocycles. The first-order valence-electron chi connectivity index (χ1n) is 18.7. The van der Waals surface area contributed by atoms with Crippen LogP contribution in [0.4, 0.5) is 0 Å². The van der Waals surface area contributed by atoms with Gasteiger partial charge in [-0.1, -0.05) is 108 Å². The van der Waals surface area contributed by atoms with E-state index in [1.807, 2.05) is 48.5 Å². The lowest BCUT2D eigenvalue weighted by Gasteiger charge is -2.11. The highest BCUT2D eigenvalue weighted by Gasteiger charge is 2.15. The summed E-state index contributed by atoms with van der Waals surface area (Å²) in [5.74, 6) is 0. The Bertz CT molecular complexity index is 2950. The predicted molar refractivity (Wildman–Crippen MR) is 196 cm³/mol. The first kappa shape index (κ1) is 20.0. The van der Waals surface area contributed by atoms with Gasteiger partial charge in [-0.25, -0.2) is 0 Å². The van der Waals surface area contributed by atoms with Gasteiger partial charge >= 0.3 is 0 Å². The first-order valence-corrected chi connectivity index (χ1v) is 15.9. The summed E-state index contributed by atoms with van der Waals surface area (Å²) >= 11 is 8.22. The maximum atomic E-state index is 8.85. The van der Waals surface area contributed by atoms with Crippen molar-refractivity contribution in [2.45, 2.75) is 9.79 Å². The number of hydrogen-bond donors (Lipinski definition) is 0. The second-order valence-electron chi connectivity index (χ2n) is 11.0. The van der Waals surface area contributed by atoms with Crippen LogP contribution in [-0.2, 0) is 0 Å². The van der Waals surface area contributed by atoms with E-state index in [0.717, 1.165) is 48.4 Å². The molecule has 0 bridgehead atoms. The largest absolute Gasteiger partial charge is 0.309 e. The predicted octanol–water partition coefficient (Wildman–Crippen LogP) is 12.4. The van der Waals surface area contributed by atoms with Crippen LogP contribution in [0.2, 0.25) is 5.02 Å². The van der Waals surface area contributed by atoms with Crippen molar-refractivity contribution in [3.63, 3.8) is 0 Å². The first-order chi connectivity index (χ1) is 26.0. The molecule has 218 valence electrons. The minimum absolute atomic E-state index is 0.0457. The normalized spacial score (nSPS) is 14.1. The molecule has 0 atom stereocenters. The third kappa shape index (κ3) is 4.51. The van der Waals surface area contributed by atoms with Crippen LogP contribution in [0.25, 0.3) is 66.1 Å². The van der Waals surface area contributed by atoms with Crippen LogP contribution in [0.1, 0.15) is 11.0 Å². The van der Waals surface area contributed by atoms with E-state index in [9.17, 15) is 0 Å². The number of benzene rings is 7. The molecular weight excluding hydrogens is 600 g/mol. The van der Waals surface area contributed by atoms with Crippen molar-refractivity contribution in [1.29, 1.82) is 0 Å². The van der Waals surface area contributed by atoms with Crippen molar-refractivity contribution in [2.75, 3.05) is 0 Å². The highest BCUT2D eigenvalue weighted by Crippen LogP contribution is 2.39. The molecule has 46 heavy (non-hydrogen) atoms. The van der Waals surface area contributed by atoms with Gasteiger partial charge in [-0.15, -0.1) is 0 Å². The average molecular weight is 635 g/mol. The molecule has 0 aliphatic carbocycles. The van der Waals surface area contributed by atoms with Crippen molar-refractivity contribution < 1.29 is 11.0 Å². The van der Waals surface area contributed by atoms with Crippen molar-refractivity contribution in [2.24, 2.45) is 0 Å². The molecular formula is C42H27ClN2S. The van der Waals surface area contributed by atoms with Gasteiger partial charge in [-0.3, -0.25) is 0 Å². The van der Waals surface area contributed by atoms with E-state index in [4.69, 9.17) is 22.6 Å². The molecule has 7 aromatic carbocycles. The van der Waals surface area contributed by atoms with E-state index < -0.39 is 24.2 Å². The molecule has 0 aliphatic heterocycles. The quantitative estimate of drug-likeness (QED) is 0.183. The number of fused-ring (bicyclic) bond motifs is 6. The van der Waals surface area contributed by atoms with Crippen LogP contribution in [0, 0.1) is 0 Å². The molecule has 2 heterocycles. The fraction of sp³-hybridized carbons (Fsp3) is 0. The molecule has 2 aromatic heterocycles. The Kier molecular flexibility index (Phi) is 4.78. The molecule has 0 N–H and O–H groups in total. The summed E-state index contributed by atoms with van der Waals surface area (Å²) in [6.07, 6.45) is 0. The van der Waals surface area contributed by atoms with E-state index in [1.165, 1.54) is 16.3 Å². The Balaban J connectivity index is 1.16. The van der Waals surface area contributed by atoms with Crippen LogP contribution < -0.4 is 0 Å². The summed E-state index contributed by atoms with van der Waals surface area (Å²) < 4.78 is 72.5. The topological polar surface area (TPSA) is 9.86 Å². The summed E-state index contributed by atoms with van der Waals surface area (Å²) in [5.41, 5.74) is 5.89. The number of halogens is 1. The zero-order valence-electron chi connectivity index (χ0n) is 32.2. The molecule has 0 aliphatic rings. The second kappa shape index (κ2) is 11.0. The summed E-state index contributed by atoms with van der Waals surface area (Å²) in [6, 6.07) is 35.1. The fourth-order valence-electron chi connectivity index (χ4n) is 6.30. The number of nitrogens with zero attached hydrogens (tertiary/aromatic N) is 2. The lowest BCUT2D eigenvalue weighted by molar-refractivity contribution is 1.16. The monoisotopic (exact) mass is 634 g/mol. The Hall–Kier alpha value is -5.22. The van der Waals surface area contributed by atoms with Gasteiger partial charge in [0.1, 0.15) is 0 Å². The number of hydrogen-bond acceptors (Lipinski definition) is 1. The Morgan fingerprint density at radius 1 is 0.457 bits per heavy atom.